The minimum atomic E-state index is -2.68. The van der Waals surface area contributed by atoms with E-state index in [4.69, 9.17) is 9.57 Å². The monoisotopic (exact) mass is 344 g/mol. The summed E-state index contributed by atoms with van der Waals surface area (Å²) in [6, 6.07) is 0. The minimum Gasteiger partial charge on any atom is -0.363 e. The molecule has 0 spiro atoms. The van der Waals surface area contributed by atoms with Crippen molar-refractivity contribution in [3.8, 4) is 0 Å². The summed E-state index contributed by atoms with van der Waals surface area (Å²) < 4.78 is 31.8. The number of amides is 2. The van der Waals surface area contributed by atoms with Gasteiger partial charge in [-0.1, -0.05) is 0 Å². The molecule has 24 heavy (non-hydrogen) atoms. The maximum absolute atomic E-state index is 13.0. The molecule has 8 heteroatoms. The van der Waals surface area contributed by atoms with E-state index in [2.05, 4.69) is 0 Å². The summed E-state index contributed by atoms with van der Waals surface area (Å²) in [5, 5.41) is 1.38. The van der Waals surface area contributed by atoms with E-state index in [1.54, 1.807) is 4.90 Å². The standard InChI is InChI=1S/C16H22F2N2O4/c17-16(18)7-11(8-16)14(21)19-4-2-10-6-12(24-13(10)9-19)15(22)20-3-1-5-23-20/h10-13H,1-9H2/t10-,12+,13+/m0/s1. The van der Waals surface area contributed by atoms with Crippen molar-refractivity contribution in [1.29, 1.82) is 0 Å². The third-order valence-corrected chi connectivity index (χ3v) is 5.58. The third-order valence-electron chi connectivity index (χ3n) is 5.58. The van der Waals surface area contributed by atoms with Crippen molar-refractivity contribution < 1.29 is 27.9 Å². The SMILES string of the molecule is O=C(C1CC(F)(F)C1)N1CC[C@H]2C[C@H](C(=O)N3CCCO3)O[C@@H]2C1. The predicted molar refractivity (Wildman–Crippen MR) is 77.9 cm³/mol. The summed E-state index contributed by atoms with van der Waals surface area (Å²) >= 11 is 0. The molecule has 3 heterocycles. The van der Waals surface area contributed by atoms with Crippen LogP contribution in [0.15, 0.2) is 0 Å². The Balaban J connectivity index is 1.32. The second-order valence-corrected chi connectivity index (χ2v) is 7.32. The van der Waals surface area contributed by atoms with Gasteiger partial charge in [0.1, 0.15) is 6.10 Å². The first kappa shape index (κ1) is 16.2. The third kappa shape index (κ3) is 2.90. The highest BCUT2D eigenvalue weighted by molar-refractivity contribution is 5.81. The number of ether oxygens (including phenoxy) is 1. The average molecular weight is 344 g/mol. The lowest BCUT2D eigenvalue weighted by molar-refractivity contribution is -0.181. The van der Waals surface area contributed by atoms with E-state index in [9.17, 15) is 18.4 Å². The number of hydrogen-bond acceptors (Lipinski definition) is 4. The topological polar surface area (TPSA) is 59.1 Å². The van der Waals surface area contributed by atoms with Crippen LogP contribution in [-0.4, -0.2) is 66.1 Å². The molecule has 0 aromatic carbocycles. The number of carbonyl (C=O) groups is 2. The Bertz CT molecular complexity index is 530. The smallest absolute Gasteiger partial charge is 0.275 e. The van der Waals surface area contributed by atoms with Crippen LogP contribution in [0.3, 0.4) is 0 Å². The maximum atomic E-state index is 13.0. The molecule has 0 aromatic heterocycles. The van der Waals surface area contributed by atoms with Crippen molar-refractivity contribution in [3.05, 3.63) is 0 Å². The number of nitrogens with zero attached hydrogens (tertiary/aromatic N) is 2. The number of alkyl halides is 2. The Hall–Kier alpha value is -1.28. The number of carbonyl (C=O) groups excluding carboxylic acids is 2. The van der Waals surface area contributed by atoms with Crippen molar-refractivity contribution in [2.75, 3.05) is 26.2 Å². The molecular weight excluding hydrogens is 322 g/mol. The Labute approximate surface area is 139 Å². The lowest BCUT2D eigenvalue weighted by Crippen LogP contribution is -2.52. The van der Waals surface area contributed by atoms with Gasteiger partial charge in [-0.15, -0.1) is 0 Å². The molecule has 4 aliphatic rings. The fourth-order valence-electron chi connectivity index (χ4n) is 4.17. The highest BCUT2D eigenvalue weighted by Gasteiger charge is 2.51. The van der Waals surface area contributed by atoms with Gasteiger partial charge >= 0.3 is 0 Å². The molecule has 3 saturated heterocycles. The van der Waals surface area contributed by atoms with Gasteiger partial charge in [0.05, 0.1) is 19.3 Å². The summed E-state index contributed by atoms with van der Waals surface area (Å²) in [5.74, 6) is -3.34. The Kier molecular flexibility index (Phi) is 3.99. The number of hydroxylamine groups is 2. The van der Waals surface area contributed by atoms with E-state index in [1.165, 1.54) is 5.06 Å². The van der Waals surface area contributed by atoms with Gasteiger partial charge in [0, 0.05) is 31.8 Å². The lowest BCUT2D eigenvalue weighted by atomic mass is 9.79. The summed E-state index contributed by atoms with van der Waals surface area (Å²) in [4.78, 5) is 31.6. The van der Waals surface area contributed by atoms with E-state index in [0.29, 0.717) is 32.7 Å². The average Bonchev–Trinajstić information content (AvgIpc) is 3.19. The zero-order valence-corrected chi connectivity index (χ0v) is 13.5. The van der Waals surface area contributed by atoms with Crippen LogP contribution < -0.4 is 0 Å². The van der Waals surface area contributed by atoms with Crippen molar-refractivity contribution in [2.24, 2.45) is 11.8 Å². The first-order chi connectivity index (χ1) is 11.4. The summed E-state index contributed by atoms with van der Waals surface area (Å²) in [7, 11) is 0. The fraction of sp³-hybridized carbons (Fsp3) is 0.875. The normalized spacial score (nSPS) is 35.7. The van der Waals surface area contributed by atoms with Crippen LogP contribution in [0.25, 0.3) is 0 Å². The summed E-state index contributed by atoms with van der Waals surface area (Å²) in [6.45, 7) is 2.11. The number of hydrogen-bond donors (Lipinski definition) is 0. The summed E-state index contributed by atoms with van der Waals surface area (Å²) in [6.07, 6.45) is 0.854. The molecule has 4 fully saturated rings. The largest absolute Gasteiger partial charge is 0.363 e. The van der Waals surface area contributed by atoms with E-state index in [1.807, 2.05) is 0 Å². The highest BCUT2D eigenvalue weighted by Crippen LogP contribution is 2.44. The van der Waals surface area contributed by atoms with Gasteiger partial charge < -0.3 is 9.64 Å². The predicted octanol–water partition coefficient (Wildman–Crippen LogP) is 1.20. The molecule has 134 valence electrons. The minimum absolute atomic E-state index is 0.140. The Morgan fingerprint density at radius 2 is 1.92 bits per heavy atom. The highest BCUT2D eigenvalue weighted by atomic mass is 19.3. The number of halogens is 2. The molecule has 1 aliphatic carbocycles. The Morgan fingerprint density at radius 3 is 2.58 bits per heavy atom. The van der Waals surface area contributed by atoms with Crippen molar-refractivity contribution in [1.82, 2.24) is 9.96 Å². The van der Waals surface area contributed by atoms with Gasteiger partial charge in [0.25, 0.3) is 5.91 Å². The maximum Gasteiger partial charge on any atom is 0.275 e. The molecule has 0 bridgehead atoms. The molecular formula is C16H22F2N2O4. The van der Waals surface area contributed by atoms with Crippen LogP contribution in [0.1, 0.15) is 32.1 Å². The molecule has 2 amide bonds. The Morgan fingerprint density at radius 1 is 1.12 bits per heavy atom. The second-order valence-electron chi connectivity index (χ2n) is 7.32. The zero-order valence-electron chi connectivity index (χ0n) is 13.5. The van der Waals surface area contributed by atoms with Crippen LogP contribution >= 0.6 is 0 Å². The molecule has 6 nitrogen and oxygen atoms in total. The van der Waals surface area contributed by atoms with Gasteiger partial charge in [-0.25, -0.2) is 13.8 Å². The second kappa shape index (κ2) is 5.91. The number of rotatable bonds is 2. The molecule has 0 radical (unpaired) electrons. The number of likely N-dealkylation sites (tertiary alicyclic amines) is 1. The molecule has 0 aromatic rings. The molecule has 4 rings (SSSR count). The van der Waals surface area contributed by atoms with Crippen LogP contribution in [0.5, 0.6) is 0 Å². The van der Waals surface area contributed by atoms with Crippen LogP contribution in [0, 0.1) is 11.8 Å². The van der Waals surface area contributed by atoms with Crippen molar-refractivity contribution in [3.63, 3.8) is 0 Å². The van der Waals surface area contributed by atoms with Crippen molar-refractivity contribution >= 4 is 11.8 Å². The van der Waals surface area contributed by atoms with Gasteiger partial charge in [0.2, 0.25) is 11.8 Å². The van der Waals surface area contributed by atoms with Gasteiger partial charge in [-0.05, 0) is 25.2 Å². The molecule has 0 N–H and O–H groups in total. The summed E-state index contributed by atoms with van der Waals surface area (Å²) in [5.41, 5.74) is 0. The molecule has 3 atom stereocenters. The van der Waals surface area contributed by atoms with Gasteiger partial charge in [-0.2, -0.15) is 0 Å². The van der Waals surface area contributed by atoms with E-state index in [0.717, 1.165) is 12.8 Å². The van der Waals surface area contributed by atoms with E-state index in [-0.39, 0.29) is 36.7 Å². The first-order valence-corrected chi connectivity index (χ1v) is 8.69. The van der Waals surface area contributed by atoms with Crippen LogP contribution in [0.2, 0.25) is 0 Å². The van der Waals surface area contributed by atoms with Crippen LogP contribution in [0.4, 0.5) is 8.78 Å². The first-order valence-electron chi connectivity index (χ1n) is 8.69. The van der Waals surface area contributed by atoms with E-state index >= 15 is 0 Å². The van der Waals surface area contributed by atoms with Gasteiger partial charge in [-0.3, -0.25) is 14.4 Å². The quantitative estimate of drug-likeness (QED) is 0.755. The fourth-order valence-corrected chi connectivity index (χ4v) is 4.17. The van der Waals surface area contributed by atoms with Gasteiger partial charge in [0.15, 0.2) is 0 Å². The number of fused-ring (bicyclic) bond motifs is 1. The lowest BCUT2D eigenvalue weighted by Gasteiger charge is -2.40. The molecule has 0 unspecified atom stereocenters. The number of piperidine rings is 1. The zero-order chi connectivity index (χ0) is 16.9. The van der Waals surface area contributed by atoms with Crippen LogP contribution in [-0.2, 0) is 19.2 Å². The van der Waals surface area contributed by atoms with E-state index < -0.39 is 17.9 Å². The molecule has 3 aliphatic heterocycles. The molecule has 1 saturated carbocycles. The van der Waals surface area contributed by atoms with Crippen molar-refractivity contribution in [2.45, 2.75) is 50.2 Å².